The number of hydrogen-bond donors (Lipinski definition) is 3. The second-order valence-electron chi connectivity index (χ2n) is 5.90. The van der Waals surface area contributed by atoms with Crippen molar-refractivity contribution in [3.05, 3.63) is 76.6 Å². The van der Waals surface area contributed by atoms with Crippen LogP contribution in [-0.4, -0.2) is 20.8 Å². The summed E-state index contributed by atoms with van der Waals surface area (Å²) in [5.41, 5.74) is 1.94. The molecule has 0 atom stereocenters. The molecule has 142 valence electrons. The van der Waals surface area contributed by atoms with Gasteiger partial charge in [-0.15, -0.1) is 0 Å². The first kappa shape index (κ1) is 18.8. The number of carbonyl (C=O) groups is 1. The number of nitrogens with zero attached hydrogens (tertiary/aromatic N) is 3. The molecule has 3 rings (SSSR count). The van der Waals surface area contributed by atoms with Crippen LogP contribution in [0.4, 0.5) is 28.7 Å². The van der Waals surface area contributed by atoms with Gasteiger partial charge in [-0.05, 0) is 29.8 Å². The van der Waals surface area contributed by atoms with E-state index < -0.39 is 4.92 Å². The Morgan fingerprint density at radius 1 is 1.00 bits per heavy atom. The van der Waals surface area contributed by atoms with E-state index in [4.69, 9.17) is 0 Å². The SMILES string of the molecule is CC(=O)Nc1ccc(Nc2ncnc(NCc3ccccc3)c2[N+](=O)[O-])cc1. The Hall–Kier alpha value is -4.01. The Balaban J connectivity index is 1.80. The molecule has 0 aliphatic heterocycles. The maximum absolute atomic E-state index is 11.6. The highest BCUT2D eigenvalue weighted by molar-refractivity contribution is 5.89. The van der Waals surface area contributed by atoms with Gasteiger partial charge in [0.25, 0.3) is 0 Å². The van der Waals surface area contributed by atoms with Crippen LogP contribution in [0, 0.1) is 10.1 Å². The van der Waals surface area contributed by atoms with Crippen LogP contribution in [0.5, 0.6) is 0 Å². The zero-order valence-corrected chi connectivity index (χ0v) is 15.0. The van der Waals surface area contributed by atoms with Gasteiger partial charge in [0.05, 0.1) is 4.92 Å². The second-order valence-corrected chi connectivity index (χ2v) is 5.90. The first-order valence-corrected chi connectivity index (χ1v) is 8.45. The Labute approximate surface area is 161 Å². The minimum atomic E-state index is -0.526. The Kier molecular flexibility index (Phi) is 5.75. The van der Waals surface area contributed by atoms with E-state index in [-0.39, 0.29) is 23.2 Å². The van der Waals surface area contributed by atoms with Gasteiger partial charge in [0, 0.05) is 24.8 Å². The molecule has 0 bridgehead atoms. The van der Waals surface area contributed by atoms with Crippen molar-refractivity contribution in [2.75, 3.05) is 16.0 Å². The minimum Gasteiger partial charge on any atom is -0.360 e. The number of aromatic nitrogens is 2. The molecule has 0 unspecified atom stereocenters. The van der Waals surface area contributed by atoms with Crippen LogP contribution in [-0.2, 0) is 11.3 Å². The number of hydrogen-bond acceptors (Lipinski definition) is 7. The first-order valence-electron chi connectivity index (χ1n) is 8.45. The quantitative estimate of drug-likeness (QED) is 0.423. The van der Waals surface area contributed by atoms with Gasteiger partial charge in [-0.3, -0.25) is 14.9 Å². The van der Waals surface area contributed by atoms with Crippen LogP contribution in [0.25, 0.3) is 0 Å². The van der Waals surface area contributed by atoms with E-state index >= 15 is 0 Å². The smallest absolute Gasteiger partial charge is 0.353 e. The number of nitrogens with one attached hydrogen (secondary N) is 3. The van der Waals surface area contributed by atoms with E-state index in [2.05, 4.69) is 25.9 Å². The van der Waals surface area contributed by atoms with Crippen molar-refractivity contribution in [2.24, 2.45) is 0 Å². The summed E-state index contributed by atoms with van der Waals surface area (Å²) >= 11 is 0. The molecule has 0 spiro atoms. The molecular weight excluding hydrogens is 360 g/mol. The number of nitro groups is 1. The summed E-state index contributed by atoms with van der Waals surface area (Å²) < 4.78 is 0. The van der Waals surface area contributed by atoms with E-state index in [1.165, 1.54) is 13.3 Å². The van der Waals surface area contributed by atoms with Gasteiger partial charge < -0.3 is 16.0 Å². The fourth-order valence-corrected chi connectivity index (χ4v) is 2.53. The van der Waals surface area contributed by atoms with E-state index in [1.54, 1.807) is 24.3 Å². The van der Waals surface area contributed by atoms with Gasteiger partial charge in [0.15, 0.2) is 0 Å². The lowest BCUT2D eigenvalue weighted by molar-refractivity contribution is -0.383. The fraction of sp³-hybridized carbons (Fsp3) is 0.105. The van der Waals surface area contributed by atoms with Crippen molar-refractivity contribution >= 4 is 34.6 Å². The monoisotopic (exact) mass is 378 g/mol. The topological polar surface area (TPSA) is 122 Å². The number of carbonyl (C=O) groups excluding carboxylic acids is 1. The molecule has 0 radical (unpaired) electrons. The normalized spacial score (nSPS) is 10.2. The van der Waals surface area contributed by atoms with E-state index in [9.17, 15) is 14.9 Å². The molecular formula is C19H18N6O3. The lowest BCUT2D eigenvalue weighted by atomic mass is 10.2. The maximum atomic E-state index is 11.6. The molecule has 1 heterocycles. The molecule has 9 nitrogen and oxygen atoms in total. The maximum Gasteiger partial charge on any atom is 0.353 e. The Bertz CT molecular complexity index is 977. The average Bonchev–Trinajstić information content (AvgIpc) is 2.68. The van der Waals surface area contributed by atoms with Crippen LogP contribution < -0.4 is 16.0 Å². The summed E-state index contributed by atoms with van der Waals surface area (Å²) in [6, 6.07) is 16.3. The van der Waals surface area contributed by atoms with E-state index in [1.807, 2.05) is 30.3 Å². The highest BCUT2D eigenvalue weighted by atomic mass is 16.6. The number of rotatable bonds is 7. The molecule has 9 heteroatoms. The summed E-state index contributed by atoms with van der Waals surface area (Å²) in [7, 11) is 0. The second kappa shape index (κ2) is 8.58. The predicted octanol–water partition coefficient (Wildman–Crippen LogP) is 3.70. The van der Waals surface area contributed by atoms with Crippen molar-refractivity contribution in [1.29, 1.82) is 0 Å². The molecule has 1 aromatic heterocycles. The standard InChI is InChI=1S/C19H18N6O3/c1-13(26)23-15-7-9-16(10-8-15)24-19-17(25(27)28)18(21-12-22-19)20-11-14-5-3-2-4-6-14/h2-10,12H,11H2,1H3,(H,23,26)(H2,20,21,22,24). The van der Waals surface area contributed by atoms with Gasteiger partial charge in [-0.1, -0.05) is 30.3 Å². The van der Waals surface area contributed by atoms with Gasteiger partial charge in [-0.2, -0.15) is 0 Å². The van der Waals surface area contributed by atoms with E-state index in [0.717, 1.165) is 5.56 Å². The van der Waals surface area contributed by atoms with Crippen LogP contribution in [0.2, 0.25) is 0 Å². The summed E-state index contributed by atoms with van der Waals surface area (Å²) in [6.45, 7) is 1.81. The Morgan fingerprint density at radius 3 is 2.29 bits per heavy atom. The molecule has 3 N–H and O–H groups in total. The summed E-state index contributed by atoms with van der Waals surface area (Å²) in [5, 5.41) is 20.2. The summed E-state index contributed by atoms with van der Waals surface area (Å²) in [6.07, 6.45) is 1.26. The number of amides is 1. The van der Waals surface area contributed by atoms with E-state index in [0.29, 0.717) is 17.9 Å². The van der Waals surface area contributed by atoms with Gasteiger partial charge in [0.1, 0.15) is 6.33 Å². The molecule has 3 aromatic rings. The lowest BCUT2D eigenvalue weighted by Gasteiger charge is -2.10. The van der Waals surface area contributed by atoms with Crippen LogP contribution in [0.1, 0.15) is 12.5 Å². The molecule has 0 aliphatic rings. The average molecular weight is 378 g/mol. The highest BCUT2D eigenvalue weighted by Gasteiger charge is 2.23. The largest absolute Gasteiger partial charge is 0.360 e. The lowest BCUT2D eigenvalue weighted by Crippen LogP contribution is -2.08. The van der Waals surface area contributed by atoms with Crippen molar-refractivity contribution in [1.82, 2.24) is 9.97 Å². The summed E-state index contributed by atoms with van der Waals surface area (Å²) in [5.74, 6) is 0.0188. The number of anilines is 4. The van der Waals surface area contributed by atoms with Gasteiger partial charge in [-0.25, -0.2) is 9.97 Å². The van der Waals surface area contributed by atoms with Crippen LogP contribution in [0.15, 0.2) is 60.9 Å². The van der Waals surface area contributed by atoms with Crippen molar-refractivity contribution in [2.45, 2.75) is 13.5 Å². The third-order valence-corrected chi connectivity index (χ3v) is 3.78. The van der Waals surface area contributed by atoms with Crippen molar-refractivity contribution in [3.63, 3.8) is 0 Å². The predicted molar refractivity (Wildman–Crippen MR) is 106 cm³/mol. The Morgan fingerprint density at radius 2 is 1.64 bits per heavy atom. The molecule has 2 aromatic carbocycles. The third-order valence-electron chi connectivity index (χ3n) is 3.78. The molecule has 0 saturated heterocycles. The summed E-state index contributed by atoms with van der Waals surface area (Å²) in [4.78, 5) is 30.2. The van der Waals surface area contributed by atoms with Gasteiger partial charge in [0.2, 0.25) is 17.5 Å². The highest BCUT2D eigenvalue weighted by Crippen LogP contribution is 2.31. The zero-order valence-electron chi connectivity index (χ0n) is 15.0. The van der Waals surface area contributed by atoms with Crippen molar-refractivity contribution in [3.8, 4) is 0 Å². The molecule has 0 fully saturated rings. The third kappa shape index (κ3) is 4.79. The van der Waals surface area contributed by atoms with Crippen LogP contribution >= 0.6 is 0 Å². The van der Waals surface area contributed by atoms with Crippen LogP contribution in [0.3, 0.4) is 0 Å². The zero-order chi connectivity index (χ0) is 19.9. The molecule has 1 amide bonds. The molecule has 28 heavy (non-hydrogen) atoms. The van der Waals surface area contributed by atoms with Gasteiger partial charge >= 0.3 is 5.69 Å². The van der Waals surface area contributed by atoms with Crippen molar-refractivity contribution < 1.29 is 9.72 Å². The fourth-order valence-electron chi connectivity index (χ4n) is 2.53. The first-order chi connectivity index (χ1) is 13.5. The molecule has 0 saturated carbocycles. The molecule has 0 aliphatic carbocycles. The minimum absolute atomic E-state index is 0.0721. The number of benzene rings is 2.